The van der Waals surface area contributed by atoms with Gasteiger partial charge in [-0.1, -0.05) is 22.9 Å². The maximum absolute atomic E-state index is 13.3. The molecule has 0 aliphatic carbocycles. The number of aromatic amines is 1. The number of hydrogen-bond donors (Lipinski definition) is 2. The van der Waals surface area contributed by atoms with E-state index in [1.807, 2.05) is 0 Å². The van der Waals surface area contributed by atoms with Crippen molar-refractivity contribution in [2.75, 3.05) is 5.32 Å². The van der Waals surface area contributed by atoms with Crippen molar-refractivity contribution in [3.63, 3.8) is 0 Å². The number of aromatic nitrogens is 4. The first-order valence-corrected chi connectivity index (χ1v) is 9.47. The predicted molar refractivity (Wildman–Crippen MR) is 106 cm³/mol. The molecule has 0 atom stereocenters. The minimum absolute atomic E-state index is 0.119. The highest BCUT2D eigenvalue weighted by atomic mass is 35.5. The fourth-order valence-electron chi connectivity index (χ4n) is 2.56. The zero-order valence-corrected chi connectivity index (χ0v) is 16.3. The molecule has 2 heterocycles. The molecule has 0 aliphatic heterocycles. The third kappa shape index (κ3) is 3.66. The van der Waals surface area contributed by atoms with Crippen molar-refractivity contribution in [1.29, 1.82) is 0 Å². The van der Waals surface area contributed by atoms with Gasteiger partial charge in [-0.15, -0.1) is 0 Å². The second-order valence-electron chi connectivity index (χ2n) is 5.75. The fourth-order valence-corrected chi connectivity index (χ4v) is 3.77. The minimum atomic E-state index is -0.993. The Morgan fingerprint density at radius 3 is 2.71 bits per heavy atom. The molecule has 0 aliphatic rings. The minimum Gasteiger partial charge on any atom is -0.300 e. The lowest BCUT2D eigenvalue weighted by Gasteiger charge is -2.06. The number of benzene rings is 2. The highest BCUT2D eigenvalue weighted by molar-refractivity contribution is 7.71. The number of anilines is 1. The van der Waals surface area contributed by atoms with Gasteiger partial charge in [-0.05, 0) is 42.5 Å². The Balaban J connectivity index is 1.57. The Hall–Kier alpha value is -2.69. The number of nitrogens with zero attached hydrogens (tertiary/aromatic N) is 3. The monoisotopic (exact) mass is 437 g/mol. The molecule has 2 aromatic carbocycles. The van der Waals surface area contributed by atoms with Gasteiger partial charge in [0.15, 0.2) is 27.4 Å². The molecule has 2 N–H and O–H groups in total. The maximum atomic E-state index is 13.3. The number of thiazole rings is 1. The first-order valence-electron chi connectivity index (χ1n) is 7.87. The molecule has 0 bridgehead atoms. The number of nitrogens with one attached hydrogen (secondary N) is 2. The van der Waals surface area contributed by atoms with Crippen molar-refractivity contribution in [2.24, 2.45) is 0 Å². The molecule has 142 valence electrons. The van der Waals surface area contributed by atoms with Gasteiger partial charge in [0.25, 0.3) is 0 Å². The molecule has 0 saturated carbocycles. The first-order chi connectivity index (χ1) is 13.4. The standard InChI is InChI=1S/C17H10ClF2N5OS2/c18-9-3-1-8(2-4-9)15-23-24-17(27)25(15)7-14(26)22-16-21-12-5-10(19)11(20)6-13(12)28-16/h1-6H,7H2,(H,24,27)(H,21,22,26). The predicted octanol–water partition coefficient (Wildman–Crippen LogP) is 4.79. The van der Waals surface area contributed by atoms with Gasteiger partial charge < -0.3 is 5.32 Å². The zero-order chi connectivity index (χ0) is 19.8. The molecule has 11 heteroatoms. The summed E-state index contributed by atoms with van der Waals surface area (Å²) in [5, 5.41) is 10.2. The van der Waals surface area contributed by atoms with Gasteiger partial charge in [0.2, 0.25) is 5.91 Å². The Labute approximate surface area is 170 Å². The summed E-state index contributed by atoms with van der Waals surface area (Å²) in [5.74, 6) is -1.89. The van der Waals surface area contributed by atoms with Gasteiger partial charge in [-0.3, -0.25) is 14.5 Å². The van der Waals surface area contributed by atoms with Crippen LogP contribution >= 0.6 is 35.2 Å². The number of hydrogen-bond acceptors (Lipinski definition) is 5. The van der Waals surface area contributed by atoms with Crippen LogP contribution < -0.4 is 5.32 Å². The van der Waals surface area contributed by atoms with Crippen molar-refractivity contribution >= 4 is 56.4 Å². The Morgan fingerprint density at radius 2 is 1.96 bits per heavy atom. The SMILES string of the molecule is O=C(Cn1c(-c2ccc(Cl)cc2)n[nH]c1=S)Nc1nc2cc(F)c(F)cc2s1. The van der Waals surface area contributed by atoms with E-state index in [1.165, 1.54) is 4.57 Å². The Kier molecular flexibility index (Phi) is 4.92. The van der Waals surface area contributed by atoms with Gasteiger partial charge in [-0.25, -0.2) is 13.8 Å². The molecule has 4 rings (SSSR count). The zero-order valence-electron chi connectivity index (χ0n) is 13.9. The molecule has 0 unspecified atom stereocenters. The summed E-state index contributed by atoms with van der Waals surface area (Å²) in [6, 6.07) is 8.97. The van der Waals surface area contributed by atoms with E-state index in [4.69, 9.17) is 23.8 Å². The lowest BCUT2D eigenvalue weighted by atomic mass is 10.2. The summed E-state index contributed by atoms with van der Waals surface area (Å²) in [4.78, 5) is 16.6. The van der Waals surface area contributed by atoms with Crippen LogP contribution in [-0.2, 0) is 11.3 Å². The molecule has 0 spiro atoms. The molecule has 4 aromatic rings. The van der Waals surface area contributed by atoms with E-state index in [-0.39, 0.29) is 22.0 Å². The highest BCUT2D eigenvalue weighted by Gasteiger charge is 2.15. The molecular weight excluding hydrogens is 428 g/mol. The molecule has 1 amide bonds. The summed E-state index contributed by atoms with van der Waals surface area (Å²) in [6.45, 7) is -0.119. The van der Waals surface area contributed by atoms with E-state index in [9.17, 15) is 13.6 Å². The van der Waals surface area contributed by atoms with E-state index in [0.29, 0.717) is 15.5 Å². The summed E-state index contributed by atoms with van der Waals surface area (Å²) in [7, 11) is 0. The molecule has 0 fully saturated rings. The van der Waals surface area contributed by atoms with Crippen LogP contribution in [0.3, 0.4) is 0 Å². The van der Waals surface area contributed by atoms with Crippen molar-refractivity contribution in [1.82, 2.24) is 19.7 Å². The number of rotatable bonds is 4. The second-order valence-corrected chi connectivity index (χ2v) is 7.60. The second kappa shape index (κ2) is 7.38. The van der Waals surface area contributed by atoms with Crippen LogP contribution in [0.5, 0.6) is 0 Å². The summed E-state index contributed by atoms with van der Waals surface area (Å²) in [5.41, 5.74) is 0.997. The molecule has 0 saturated heterocycles. The smallest absolute Gasteiger partial charge is 0.246 e. The van der Waals surface area contributed by atoms with Crippen molar-refractivity contribution in [3.05, 3.63) is 57.8 Å². The van der Waals surface area contributed by atoms with Crippen molar-refractivity contribution in [2.45, 2.75) is 6.54 Å². The largest absolute Gasteiger partial charge is 0.300 e. The summed E-state index contributed by atoms with van der Waals surface area (Å²) < 4.78 is 28.9. The fraction of sp³-hybridized carbons (Fsp3) is 0.0588. The normalized spacial score (nSPS) is 11.1. The van der Waals surface area contributed by atoms with E-state index in [1.54, 1.807) is 24.3 Å². The van der Waals surface area contributed by atoms with Gasteiger partial charge >= 0.3 is 0 Å². The highest BCUT2D eigenvalue weighted by Crippen LogP contribution is 2.28. The third-order valence-electron chi connectivity index (χ3n) is 3.84. The van der Waals surface area contributed by atoms with Crippen LogP contribution in [0.4, 0.5) is 13.9 Å². The average Bonchev–Trinajstić information content (AvgIpc) is 3.19. The van der Waals surface area contributed by atoms with Crippen molar-refractivity contribution < 1.29 is 13.6 Å². The Morgan fingerprint density at radius 1 is 1.25 bits per heavy atom. The van der Waals surface area contributed by atoms with Crippen LogP contribution in [0.1, 0.15) is 0 Å². The van der Waals surface area contributed by atoms with Crippen LogP contribution in [0.25, 0.3) is 21.6 Å². The van der Waals surface area contributed by atoms with Crippen LogP contribution in [0.15, 0.2) is 36.4 Å². The van der Waals surface area contributed by atoms with Gasteiger partial charge in [0, 0.05) is 16.7 Å². The van der Waals surface area contributed by atoms with Crippen molar-refractivity contribution in [3.8, 4) is 11.4 Å². The number of halogens is 3. The molecule has 6 nitrogen and oxygen atoms in total. The number of fused-ring (bicyclic) bond motifs is 1. The van der Waals surface area contributed by atoms with E-state index in [0.717, 1.165) is 29.0 Å². The van der Waals surface area contributed by atoms with Gasteiger partial charge in [-0.2, -0.15) is 5.10 Å². The molecular formula is C17H10ClF2N5OS2. The van der Waals surface area contributed by atoms with Crippen LogP contribution in [0.2, 0.25) is 5.02 Å². The van der Waals surface area contributed by atoms with E-state index < -0.39 is 17.5 Å². The summed E-state index contributed by atoms with van der Waals surface area (Å²) >= 11 is 12.1. The lowest BCUT2D eigenvalue weighted by Crippen LogP contribution is -2.19. The number of H-pyrrole nitrogens is 1. The molecule has 0 radical (unpaired) electrons. The lowest BCUT2D eigenvalue weighted by molar-refractivity contribution is -0.116. The number of amides is 1. The van der Waals surface area contributed by atoms with E-state index in [2.05, 4.69) is 20.5 Å². The first kappa shape index (κ1) is 18.7. The molecule has 2 aromatic heterocycles. The topological polar surface area (TPSA) is 75.6 Å². The number of carbonyl (C=O) groups is 1. The van der Waals surface area contributed by atoms with Gasteiger partial charge in [0.05, 0.1) is 10.2 Å². The number of carbonyl (C=O) groups excluding carboxylic acids is 1. The quantitative estimate of drug-likeness (QED) is 0.450. The maximum Gasteiger partial charge on any atom is 0.246 e. The average molecular weight is 438 g/mol. The Bertz CT molecular complexity index is 1210. The third-order valence-corrected chi connectivity index (χ3v) is 5.34. The van der Waals surface area contributed by atoms with Gasteiger partial charge in [0.1, 0.15) is 6.54 Å². The summed E-state index contributed by atoms with van der Waals surface area (Å²) in [6.07, 6.45) is 0. The molecule has 28 heavy (non-hydrogen) atoms. The van der Waals surface area contributed by atoms with Crippen LogP contribution in [-0.4, -0.2) is 25.7 Å². The van der Waals surface area contributed by atoms with Crippen LogP contribution in [0, 0.1) is 16.4 Å². The van der Waals surface area contributed by atoms with E-state index >= 15 is 0 Å².